The molecule has 1 rings (SSSR count). The van der Waals surface area contributed by atoms with Crippen LogP contribution in [0, 0.1) is 23.4 Å². The highest BCUT2D eigenvalue weighted by atomic mass is 19.2. The van der Waals surface area contributed by atoms with Gasteiger partial charge >= 0.3 is 0 Å². The Kier molecular flexibility index (Phi) is 4.72. The van der Waals surface area contributed by atoms with Gasteiger partial charge in [0.05, 0.1) is 0 Å². The number of rotatable bonds is 4. The zero-order valence-corrected chi connectivity index (χ0v) is 10.1. The first-order valence-corrected chi connectivity index (χ1v) is 5.51. The SMILES string of the molecule is CC(C)C(N)CNC(=O)c1cc(F)c(F)c(F)c1. The highest BCUT2D eigenvalue weighted by Crippen LogP contribution is 2.13. The van der Waals surface area contributed by atoms with Crippen LogP contribution in [0.4, 0.5) is 13.2 Å². The van der Waals surface area contributed by atoms with E-state index < -0.39 is 23.4 Å². The van der Waals surface area contributed by atoms with Crippen molar-refractivity contribution in [2.75, 3.05) is 6.54 Å². The van der Waals surface area contributed by atoms with Crippen LogP contribution in [0.25, 0.3) is 0 Å². The summed E-state index contributed by atoms with van der Waals surface area (Å²) in [4.78, 5) is 11.6. The number of nitrogens with one attached hydrogen (secondary N) is 1. The molecule has 1 aromatic rings. The average molecular weight is 260 g/mol. The maximum Gasteiger partial charge on any atom is 0.251 e. The Morgan fingerprint density at radius 2 is 1.78 bits per heavy atom. The Morgan fingerprint density at radius 3 is 2.22 bits per heavy atom. The lowest BCUT2D eigenvalue weighted by molar-refractivity contribution is 0.0948. The molecule has 0 saturated carbocycles. The van der Waals surface area contributed by atoms with Crippen LogP contribution in [0.5, 0.6) is 0 Å². The number of carbonyl (C=O) groups is 1. The molecule has 3 nitrogen and oxygen atoms in total. The van der Waals surface area contributed by atoms with Crippen molar-refractivity contribution in [3.8, 4) is 0 Å². The molecule has 3 N–H and O–H groups in total. The molecule has 18 heavy (non-hydrogen) atoms. The topological polar surface area (TPSA) is 55.1 Å². The van der Waals surface area contributed by atoms with Crippen LogP contribution in [-0.2, 0) is 0 Å². The smallest absolute Gasteiger partial charge is 0.251 e. The molecule has 0 aromatic heterocycles. The van der Waals surface area contributed by atoms with Crippen LogP contribution in [0.2, 0.25) is 0 Å². The molecule has 0 aliphatic carbocycles. The van der Waals surface area contributed by atoms with E-state index in [2.05, 4.69) is 5.32 Å². The fourth-order valence-electron chi connectivity index (χ4n) is 1.23. The summed E-state index contributed by atoms with van der Waals surface area (Å²) < 4.78 is 38.5. The van der Waals surface area contributed by atoms with Gasteiger partial charge in [0.1, 0.15) is 0 Å². The van der Waals surface area contributed by atoms with Gasteiger partial charge in [0.25, 0.3) is 5.91 Å². The average Bonchev–Trinajstić information content (AvgIpc) is 2.31. The summed E-state index contributed by atoms with van der Waals surface area (Å²) in [6, 6.07) is 1.03. The number of carbonyl (C=O) groups excluding carboxylic acids is 1. The van der Waals surface area contributed by atoms with Gasteiger partial charge in [-0.3, -0.25) is 4.79 Å². The molecule has 0 fully saturated rings. The highest BCUT2D eigenvalue weighted by Gasteiger charge is 2.16. The van der Waals surface area contributed by atoms with Gasteiger partial charge in [-0.05, 0) is 18.1 Å². The third-order valence-electron chi connectivity index (χ3n) is 2.60. The number of halogens is 3. The monoisotopic (exact) mass is 260 g/mol. The summed E-state index contributed by atoms with van der Waals surface area (Å²) in [5.74, 6) is -4.91. The molecular weight excluding hydrogens is 245 g/mol. The van der Waals surface area contributed by atoms with Crippen molar-refractivity contribution >= 4 is 5.91 Å². The van der Waals surface area contributed by atoms with Gasteiger partial charge in [-0.1, -0.05) is 13.8 Å². The lowest BCUT2D eigenvalue weighted by Gasteiger charge is -2.16. The van der Waals surface area contributed by atoms with Gasteiger partial charge in [-0.25, -0.2) is 13.2 Å². The molecule has 0 aliphatic rings. The van der Waals surface area contributed by atoms with E-state index in [1.54, 1.807) is 0 Å². The van der Waals surface area contributed by atoms with Crippen molar-refractivity contribution in [2.45, 2.75) is 19.9 Å². The van der Waals surface area contributed by atoms with E-state index in [1.165, 1.54) is 0 Å². The molecule has 0 heterocycles. The molecule has 0 bridgehead atoms. The Bertz CT molecular complexity index is 426. The number of benzene rings is 1. The van der Waals surface area contributed by atoms with Crippen molar-refractivity contribution in [3.63, 3.8) is 0 Å². The normalized spacial score (nSPS) is 12.6. The van der Waals surface area contributed by atoms with Crippen molar-refractivity contribution in [1.29, 1.82) is 0 Å². The molecule has 100 valence electrons. The van der Waals surface area contributed by atoms with Crippen molar-refractivity contribution < 1.29 is 18.0 Å². The van der Waals surface area contributed by atoms with Gasteiger partial charge in [0.15, 0.2) is 17.5 Å². The number of hydrogen-bond acceptors (Lipinski definition) is 2. The Hall–Kier alpha value is -1.56. The van der Waals surface area contributed by atoms with Crippen molar-refractivity contribution in [3.05, 3.63) is 35.1 Å². The highest BCUT2D eigenvalue weighted by molar-refractivity contribution is 5.94. The first-order valence-electron chi connectivity index (χ1n) is 5.51. The van der Waals surface area contributed by atoms with Crippen LogP contribution in [-0.4, -0.2) is 18.5 Å². The summed E-state index contributed by atoms with van der Waals surface area (Å²) >= 11 is 0. The molecule has 1 aromatic carbocycles. The Balaban J connectivity index is 2.73. The third-order valence-corrected chi connectivity index (χ3v) is 2.60. The summed E-state index contributed by atoms with van der Waals surface area (Å²) in [6.45, 7) is 3.94. The third kappa shape index (κ3) is 3.46. The van der Waals surface area contributed by atoms with Gasteiger partial charge in [0, 0.05) is 18.2 Å². The van der Waals surface area contributed by atoms with Crippen molar-refractivity contribution in [1.82, 2.24) is 5.32 Å². The summed E-state index contributed by atoms with van der Waals surface area (Å²) in [6.07, 6.45) is 0. The minimum atomic E-state index is -1.59. The minimum Gasteiger partial charge on any atom is -0.350 e. The molecule has 0 radical (unpaired) electrons. The fourth-order valence-corrected chi connectivity index (χ4v) is 1.23. The van der Waals surface area contributed by atoms with E-state index >= 15 is 0 Å². The first kappa shape index (κ1) is 14.5. The molecular formula is C12H15F3N2O. The fraction of sp³-hybridized carbons (Fsp3) is 0.417. The van der Waals surface area contributed by atoms with Crippen LogP contribution in [0.15, 0.2) is 12.1 Å². The lowest BCUT2D eigenvalue weighted by Crippen LogP contribution is -2.40. The zero-order chi connectivity index (χ0) is 13.9. The second-order valence-corrected chi connectivity index (χ2v) is 4.37. The van der Waals surface area contributed by atoms with E-state index in [9.17, 15) is 18.0 Å². The molecule has 0 spiro atoms. The number of hydrogen-bond donors (Lipinski definition) is 2. The van der Waals surface area contributed by atoms with Gasteiger partial charge in [-0.2, -0.15) is 0 Å². The van der Waals surface area contributed by atoms with Crippen LogP contribution < -0.4 is 11.1 Å². The number of amides is 1. The van der Waals surface area contributed by atoms with E-state index in [-0.39, 0.29) is 24.1 Å². The second-order valence-electron chi connectivity index (χ2n) is 4.37. The molecule has 1 amide bonds. The standard InChI is InChI=1S/C12H15F3N2O/c1-6(2)10(16)5-17-12(18)7-3-8(13)11(15)9(14)4-7/h3-4,6,10H,5,16H2,1-2H3,(H,17,18). The molecule has 6 heteroatoms. The molecule has 0 aliphatic heterocycles. The second kappa shape index (κ2) is 5.86. The quantitative estimate of drug-likeness (QED) is 0.811. The summed E-state index contributed by atoms with van der Waals surface area (Å²) in [7, 11) is 0. The van der Waals surface area contributed by atoms with Crippen LogP contribution in [0.3, 0.4) is 0 Å². The first-order chi connectivity index (χ1) is 8.32. The van der Waals surface area contributed by atoms with Crippen LogP contribution in [0.1, 0.15) is 24.2 Å². The van der Waals surface area contributed by atoms with Gasteiger partial charge in [0.2, 0.25) is 0 Å². The molecule has 0 saturated heterocycles. The minimum absolute atomic E-state index is 0.159. The lowest BCUT2D eigenvalue weighted by atomic mass is 10.1. The van der Waals surface area contributed by atoms with Crippen LogP contribution >= 0.6 is 0 Å². The molecule has 1 unspecified atom stereocenters. The predicted octanol–water partition coefficient (Wildman–Crippen LogP) is 1.82. The maximum absolute atomic E-state index is 12.9. The molecule has 1 atom stereocenters. The van der Waals surface area contributed by atoms with E-state index in [0.717, 1.165) is 0 Å². The van der Waals surface area contributed by atoms with E-state index in [4.69, 9.17) is 5.73 Å². The Morgan fingerprint density at radius 1 is 1.28 bits per heavy atom. The maximum atomic E-state index is 12.9. The van der Waals surface area contributed by atoms with Crippen molar-refractivity contribution in [2.24, 2.45) is 11.7 Å². The number of nitrogens with two attached hydrogens (primary N) is 1. The van der Waals surface area contributed by atoms with E-state index in [0.29, 0.717) is 12.1 Å². The van der Waals surface area contributed by atoms with E-state index in [1.807, 2.05) is 13.8 Å². The summed E-state index contributed by atoms with van der Waals surface area (Å²) in [5.41, 5.74) is 5.43. The zero-order valence-electron chi connectivity index (χ0n) is 10.1. The van der Waals surface area contributed by atoms with Gasteiger partial charge in [-0.15, -0.1) is 0 Å². The Labute approximate surface area is 103 Å². The predicted molar refractivity (Wildman–Crippen MR) is 61.5 cm³/mol. The van der Waals surface area contributed by atoms with Gasteiger partial charge < -0.3 is 11.1 Å². The largest absolute Gasteiger partial charge is 0.350 e. The summed E-state index contributed by atoms with van der Waals surface area (Å²) in [5, 5.41) is 2.43.